The summed E-state index contributed by atoms with van der Waals surface area (Å²) in [6.45, 7) is 1.03. The Morgan fingerprint density at radius 1 is 1.25 bits per heavy atom. The van der Waals surface area contributed by atoms with Gasteiger partial charge in [0.2, 0.25) is 11.7 Å². The second kappa shape index (κ2) is 5.26. The van der Waals surface area contributed by atoms with E-state index >= 15 is 0 Å². The summed E-state index contributed by atoms with van der Waals surface area (Å²) < 4.78 is 36.6. The Bertz CT molecular complexity index is 617. The van der Waals surface area contributed by atoms with Crippen LogP contribution in [0.5, 0.6) is 0 Å². The summed E-state index contributed by atoms with van der Waals surface area (Å²) in [6, 6.07) is 3.34. The first-order chi connectivity index (χ1) is 9.65. The molecule has 2 aromatic rings. The molecule has 1 aromatic carbocycles. The Balaban J connectivity index is 1.87. The third kappa shape index (κ3) is 2.41. The molecule has 0 aliphatic carbocycles. The molecule has 0 radical (unpaired) electrons. The first-order valence-corrected chi connectivity index (χ1v) is 6.27. The van der Waals surface area contributed by atoms with Gasteiger partial charge in [-0.2, -0.15) is 4.98 Å². The third-order valence-corrected chi connectivity index (χ3v) is 3.35. The van der Waals surface area contributed by atoms with Gasteiger partial charge in [0.25, 0.3) is 0 Å². The van der Waals surface area contributed by atoms with E-state index in [1.54, 1.807) is 0 Å². The van der Waals surface area contributed by atoms with Crippen LogP contribution in [0, 0.1) is 11.6 Å². The lowest BCUT2D eigenvalue weighted by Crippen LogP contribution is -2.37. The lowest BCUT2D eigenvalue weighted by molar-refractivity contribution is 0.0590. The Morgan fingerprint density at radius 3 is 2.85 bits per heavy atom. The van der Waals surface area contributed by atoms with Crippen LogP contribution < -0.4 is 5.73 Å². The van der Waals surface area contributed by atoms with Crippen LogP contribution in [0.1, 0.15) is 18.2 Å². The number of hydrogen-bond acceptors (Lipinski definition) is 5. The number of nitrogens with two attached hydrogens (primary N) is 1. The fourth-order valence-corrected chi connectivity index (χ4v) is 2.15. The lowest BCUT2D eigenvalue weighted by atomic mass is 9.97. The highest BCUT2D eigenvalue weighted by molar-refractivity contribution is 5.54. The first-order valence-electron chi connectivity index (χ1n) is 6.27. The molecule has 0 amide bonds. The van der Waals surface area contributed by atoms with Gasteiger partial charge in [0.1, 0.15) is 0 Å². The minimum Gasteiger partial charge on any atom is -0.381 e. The number of nitrogens with zero attached hydrogens (tertiary/aromatic N) is 2. The summed E-state index contributed by atoms with van der Waals surface area (Å²) in [6.07, 6.45) is 0.716. The van der Waals surface area contributed by atoms with Crippen LogP contribution in [-0.2, 0) is 4.74 Å². The standard InChI is InChI=1S/C13H13F2N3O2/c14-9-2-1-7(5-10(9)15)12-17-13(20-18-12)8-6-19-4-3-11(8)16/h1-2,5,8,11H,3-4,6,16H2. The van der Waals surface area contributed by atoms with Crippen molar-refractivity contribution in [2.45, 2.75) is 18.4 Å². The van der Waals surface area contributed by atoms with Gasteiger partial charge in [0, 0.05) is 18.2 Å². The van der Waals surface area contributed by atoms with Gasteiger partial charge < -0.3 is 15.0 Å². The molecule has 1 fully saturated rings. The fraction of sp³-hybridized carbons (Fsp3) is 0.385. The van der Waals surface area contributed by atoms with Crippen molar-refractivity contribution in [3.05, 3.63) is 35.7 Å². The molecule has 5 nitrogen and oxygen atoms in total. The molecule has 3 rings (SSSR count). The maximum atomic E-state index is 13.2. The van der Waals surface area contributed by atoms with E-state index in [1.165, 1.54) is 6.07 Å². The molecule has 7 heteroatoms. The Kier molecular flexibility index (Phi) is 3.45. The minimum absolute atomic E-state index is 0.109. The molecule has 106 valence electrons. The second-order valence-electron chi connectivity index (χ2n) is 4.72. The van der Waals surface area contributed by atoms with Gasteiger partial charge in [-0.15, -0.1) is 0 Å². The Hall–Kier alpha value is -1.86. The third-order valence-electron chi connectivity index (χ3n) is 3.35. The minimum atomic E-state index is -0.952. The van der Waals surface area contributed by atoms with E-state index in [0.717, 1.165) is 12.1 Å². The molecule has 1 saturated heterocycles. The molecule has 2 atom stereocenters. The molecule has 2 unspecified atom stereocenters. The van der Waals surface area contributed by atoms with Gasteiger partial charge in [-0.05, 0) is 24.6 Å². The van der Waals surface area contributed by atoms with Gasteiger partial charge >= 0.3 is 0 Å². The van der Waals surface area contributed by atoms with Gasteiger partial charge in [-0.3, -0.25) is 0 Å². The maximum absolute atomic E-state index is 13.2. The van der Waals surface area contributed by atoms with E-state index in [1.807, 2.05) is 0 Å². The van der Waals surface area contributed by atoms with E-state index in [-0.39, 0.29) is 17.8 Å². The maximum Gasteiger partial charge on any atom is 0.233 e. The SMILES string of the molecule is NC1CCOCC1c1nc(-c2ccc(F)c(F)c2)no1. The van der Waals surface area contributed by atoms with Crippen LogP contribution in [0.25, 0.3) is 11.4 Å². The van der Waals surface area contributed by atoms with Crippen LogP contribution in [-0.4, -0.2) is 29.4 Å². The number of rotatable bonds is 2. The van der Waals surface area contributed by atoms with Crippen LogP contribution in [0.2, 0.25) is 0 Å². The zero-order valence-electron chi connectivity index (χ0n) is 10.6. The summed E-state index contributed by atoms with van der Waals surface area (Å²) in [5.41, 5.74) is 6.34. The van der Waals surface area contributed by atoms with Crippen molar-refractivity contribution >= 4 is 0 Å². The molecular weight excluding hydrogens is 268 g/mol. The number of ether oxygens (including phenoxy) is 1. The molecule has 1 aromatic heterocycles. The molecule has 1 aliphatic rings. The Morgan fingerprint density at radius 2 is 2.10 bits per heavy atom. The zero-order chi connectivity index (χ0) is 14.1. The molecule has 0 saturated carbocycles. The van der Waals surface area contributed by atoms with E-state index in [9.17, 15) is 8.78 Å². The van der Waals surface area contributed by atoms with Gasteiger partial charge in [-0.25, -0.2) is 8.78 Å². The second-order valence-corrected chi connectivity index (χ2v) is 4.72. The van der Waals surface area contributed by atoms with Gasteiger partial charge in [0.05, 0.1) is 12.5 Å². The van der Waals surface area contributed by atoms with E-state index in [0.29, 0.717) is 31.1 Å². The highest BCUT2D eigenvalue weighted by Crippen LogP contribution is 2.26. The summed E-state index contributed by atoms with van der Waals surface area (Å²) >= 11 is 0. The van der Waals surface area contributed by atoms with E-state index < -0.39 is 11.6 Å². The zero-order valence-corrected chi connectivity index (χ0v) is 10.6. The number of hydrogen-bond donors (Lipinski definition) is 1. The predicted molar refractivity (Wildman–Crippen MR) is 65.8 cm³/mol. The normalized spacial score (nSPS) is 22.9. The predicted octanol–water partition coefficient (Wildman–Crippen LogP) is 1.85. The smallest absolute Gasteiger partial charge is 0.233 e. The van der Waals surface area contributed by atoms with Crippen molar-refractivity contribution in [3.8, 4) is 11.4 Å². The van der Waals surface area contributed by atoms with Crippen LogP contribution >= 0.6 is 0 Å². The molecule has 2 heterocycles. The van der Waals surface area contributed by atoms with Crippen molar-refractivity contribution < 1.29 is 18.0 Å². The molecule has 0 spiro atoms. The van der Waals surface area contributed by atoms with E-state index in [4.69, 9.17) is 15.0 Å². The number of halogens is 2. The first kappa shape index (κ1) is 13.1. The molecule has 1 aliphatic heterocycles. The largest absolute Gasteiger partial charge is 0.381 e. The monoisotopic (exact) mass is 281 g/mol. The molecule has 20 heavy (non-hydrogen) atoms. The van der Waals surface area contributed by atoms with Crippen LogP contribution in [0.15, 0.2) is 22.7 Å². The van der Waals surface area contributed by atoms with Crippen LogP contribution in [0.4, 0.5) is 8.78 Å². The van der Waals surface area contributed by atoms with Gasteiger partial charge in [0.15, 0.2) is 11.6 Å². The average Bonchev–Trinajstić information content (AvgIpc) is 2.92. The Labute approximate surface area is 113 Å². The highest BCUT2D eigenvalue weighted by Gasteiger charge is 2.29. The average molecular weight is 281 g/mol. The van der Waals surface area contributed by atoms with Crippen molar-refractivity contribution in [1.82, 2.24) is 10.1 Å². The van der Waals surface area contributed by atoms with Crippen LogP contribution in [0.3, 0.4) is 0 Å². The quantitative estimate of drug-likeness (QED) is 0.909. The highest BCUT2D eigenvalue weighted by atomic mass is 19.2. The molecule has 0 bridgehead atoms. The van der Waals surface area contributed by atoms with Gasteiger partial charge in [-0.1, -0.05) is 5.16 Å². The van der Waals surface area contributed by atoms with Crippen molar-refractivity contribution in [1.29, 1.82) is 0 Å². The topological polar surface area (TPSA) is 74.2 Å². The lowest BCUT2D eigenvalue weighted by Gasteiger charge is -2.25. The fourth-order valence-electron chi connectivity index (χ4n) is 2.15. The summed E-state index contributed by atoms with van der Waals surface area (Å²) in [5.74, 6) is -1.48. The van der Waals surface area contributed by atoms with Crippen molar-refractivity contribution in [2.24, 2.45) is 5.73 Å². The summed E-state index contributed by atoms with van der Waals surface area (Å²) in [7, 11) is 0. The van der Waals surface area contributed by atoms with Crippen molar-refractivity contribution in [3.63, 3.8) is 0 Å². The summed E-state index contributed by atoms with van der Waals surface area (Å²) in [4.78, 5) is 4.20. The molecular formula is C13H13F2N3O2. The number of benzene rings is 1. The van der Waals surface area contributed by atoms with E-state index in [2.05, 4.69) is 10.1 Å². The summed E-state index contributed by atoms with van der Waals surface area (Å²) in [5, 5.41) is 3.78. The molecule has 2 N–H and O–H groups in total. The van der Waals surface area contributed by atoms with Crippen molar-refractivity contribution in [2.75, 3.05) is 13.2 Å². The number of aromatic nitrogens is 2.